The molecule has 1 aliphatic carbocycles. The molecule has 3 heteroatoms. The second-order valence-electron chi connectivity index (χ2n) is 7.53. The summed E-state index contributed by atoms with van der Waals surface area (Å²) in [5, 5.41) is 10.2. The average Bonchev–Trinajstić information content (AvgIpc) is 2.84. The molecule has 3 nitrogen and oxygen atoms in total. The molecule has 0 aromatic heterocycles. The van der Waals surface area contributed by atoms with Crippen LogP contribution in [0.1, 0.15) is 71.6 Å². The number of aliphatic hydroxyl groups is 1. The molecule has 1 N–H and O–H groups in total. The predicted octanol–water partition coefficient (Wildman–Crippen LogP) is 4.80. The third-order valence-electron chi connectivity index (χ3n) is 5.50. The summed E-state index contributed by atoms with van der Waals surface area (Å²) < 4.78 is 5.77. The second kappa shape index (κ2) is 10.0. The third-order valence-corrected chi connectivity index (χ3v) is 5.50. The Kier molecular flexibility index (Phi) is 8.04. The molecule has 0 spiro atoms. The topological polar surface area (TPSA) is 46.5 Å². The predicted molar refractivity (Wildman–Crippen MR) is 97.5 cm³/mol. The van der Waals surface area contributed by atoms with E-state index in [4.69, 9.17) is 4.74 Å². The number of rotatable bonds is 6. The first-order valence-electron chi connectivity index (χ1n) is 9.82. The van der Waals surface area contributed by atoms with Crippen molar-refractivity contribution < 1.29 is 14.6 Å². The lowest BCUT2D eigenvalue weighted by molar-refractivity contribution is -0.151. The molecule has 0 bridgehead atoms. The molecule has 136 valence electrons. The summed E-state index contributed by atoms with van der Waals surface area (Å²) in [5.41, 5.74) is 0. The Bertz CT molecular complexity index is 440. The van der Waals surface area contributed by atoms with Gasteiger partial charge in [-0.05, 0) is 43.9 Å². The number of fused-ring (bicyclic) bond motifs is 1. The summed E-state index contributed by atoms with van der Waals surface area (Å²) in [4.78, 5) is 12.0. The summed E-state index contributed by atoms with van der Waals surface area (Å²) in [6.07, 6.45) is 16.9. The molecule has 2 aliphatic rings. The highest BCUT2D eigenvalue weighted by atomic mass is 16.5. The molecule has 0 aromatic carbocycles. The van der Waals surface area contributed by atoms with Crippen LogP contribution in [0.25, 0.3) is 0 Å². The van der Waals surface area contributed by atoms with Crippen LogP contribution in [0.2, 0.25) is 0 Å². The van der Waals surface area contributed by atoms with Gasteiger partial charge in [0.05, 0.1) is 6.10 Å². The molecule has 0 unspecified atom stereocenters. The van der Waals surface area contributed by atoms with Crippen molar-refractivity contribution in [2.45, 2.75) is 83.8 Å². The van der Waals surface area contributed by atoms with E-state index in [0.29, 0.717) is 24.2 Å². The van der Waals surface area contributed by atoms with Crippen molar-refractivity contribution >= 4 is 5.97 Å². The first-order valence-corrected chi connectivity index (χ1v) is 9.82. The van der Waals surface area contributed by atoms with Gasteiger partial charge in [0.25, 0.3) is 0 Å². The molecule has 1 heterocycles. The molecule has 0 aromatic rings. The van der Waals surface area contributed by atoms with Gasteiger partial charge in [0, 0.05) is 12.3 Å². The first-order chi connectivity index (χ1) is 11.6. The normalized spacial score (nSPS) is 33.9. The van der Waals surface area contributed by atoms with Gasteiger partial charge in [-0.15, -0.1) is 0 Å². The van der Waals surface area contributed by atoms with Gasteiger partial charge in [0.15, 0.2) is 0 Å². The zero-order valence-corrected chi connectivity index (χ0v) is 15.3. The molecule has 0 amide bonds. The number of aliphatic hydroxyl groups excluding tert-OH is 1. The Morgan fingerprint density at radius 2 is 2.21 bits per heavy atom. The van der Waals surface area contributed by atoms with Gasteiger partial charge in [-0.2, -0.15) is 0 Å². The molecule has 5 atom stereocenters. The van der Waals surface area contributed by atoms with E-state index in [-0.39, 0.29) is 18.2 Å². The lowest BCUT2D eigenvalue weighted by Gasteiger charge is -2.24. The van der Waals surface area contributed by atoms with E-state index < -0.39 is 0 Å². The minimum atomic E-state index is -0.347. The number of esters is 1. The number of hydrogen-bond donors (Lipinski definition) is 1. The van der Waals surface area contributed by atoms with Gasteiger partial charge < -0.3 is 9.84 Å². The van der Waals surface area contributed by atoms with Crippen molar-refractivity contribution in [2.75, 3.05) is 0 Å². The quantitative estimate of drug-likeness (QED) is 0.431. The number of carbonyl (C=O) groups is 1. The van der Waals surface area contributed by atoms with Crippen molar-refractivity contribution in [2.24, 2.45) is 17.8 Å². The lowest BCUT2D eigenvalue weighted by atomic mass is 9.86. The summed E-state index contributed by atoms with van der Waals surface area (Å²) in [6.45, 7) is 4.42. The van der Waals surface area contributed by atoms with E-state index in [1.165, 1.54) is 12.8 Å². The Labute approximate surface area is 147 Å². The number of hydrogen-bond acceptors (Lipinski definition) is 3. The second-order valence-corrected chi connectivity index (χ2v) is 7.53. The Morgan fingerprint density at radius 1 is 1.38 bits per heavy atom. The largest absolute Gasteiger partial charge is 0.462 e. The van der Waals surface area contributed by atoms with Gasteiger partial charge in [-0.3, -0.25) is 4.79 Å². The average molecular weight is 335 g/mol. The van der Waals surface area contributed by atoms with E-state index >= 15 is 0 Å². The third kappa shape index (κ3) is 5.77. The van der Waals surface area contributed by atoms with Crippen LogP contribution in [-0.2, 0) is 9.53 Å². The zero-order valence-electron chi connectivity index (χ0n) is 15.3. The zero-order chi connectivity index (χ0) is 17.4. The maximum Gasteiger partial charge on any atom is 0.306 e. The van der Waals surface area contributed by atoms with E-state index in [0.717, 1.165) is 38.5 Å². The fourth-order valence-corrected chi connectivity index (χ4v) is 4.06. The highest BCUT2D eigenvalue weighted by molar-refractivity contribution is 5.69. The maximum atomic E-state index is 12.0. The monoisotopic (exact) mass is 334 g/mol. The van der Waals surface area contributed by atoms with Crippen molar-refractivity contribution in [3.8, 4) is 0 Å². The molecular weight excluding hydrogens is 300 g/mol. The smallest absolute Gasteiger partial charge is 0.306 e. The van der Waals surface area contributed by atoms with Gasteiger partial charge in [-0.1, -0.05) is 57.4 Å². The van der Waals surface area contributed by atoms with Gasteiger partial charge in [0.2, 0.25) is 0 Å². The van der Waals surface area contributed by atoms with E-state index in [9.17, 15) is 9.90 Å². The van der Waals surface area contributed by atoms with Crippen LogP contribution in [0.4, 0.5) is 0 Å². The van der Waals surface area contributed by atoms with Crippen LogP contribution < -0.4 is 0 Å². The van der Waals surface area contributed by atoms with Gasteiger partial charge in [0.1, 0.15) is 6.10 Å². The van der Waals surface area contributed by atoms with Crippen LogP contribution in [0.5, 0.6) is 0 Å². The molecule has 1 fully saturated rings. The molecule has 0 radical (unpaired) electrons. The van der Waals surface area contributed by atoms with E-state index in [1.54, 1.807) is 0 Å². The fourth-order valence-electron chi connectivity index (χ4n) is 4.06. The Balaban J connectivity index is 1.99. The standard InChI is InChI=1S/C21H34O3/c1-3-4-7-10-17(22)13-14-18-16(2)15-20-19(18)11-8-5-6-9-12-21(23)24-20/h5,8,13-14,16-20,22H,3-4,6-7,9-12,15H2,1-2H3/b8-5-,14-13+/t16-,17+,18+,19-,20+/m1/s1. The highest BCUT2D eigenvalue weighted by Crippen LogP contribution is 2.42. The summed E-state index contributed by atoms with van der Waals surface area (Å²) in [6, 6.07) is 0. The maximum absolute atomic E-state index is 12.0. The minimum absolute atomic E-state index is 0.0298. The van der Waals surface area contributed by atoms with Gasteiger partial charge >= 0.3 is 5.97 Å². The number of ether oxygens (including phenoxy) is 1. The van der Waals surface area contributed by atoms with Crippen LogP contribution in [0.15, 0.2) is 24.3 Å². The number of allylic oxidation sites excluding steroid dienone is 3. The summed E-state index contributed by atoms with van der Waals surface area (Å²) in [5.74, 6) is 1.17. The Morgan fingerprint density at radius 3 is 3.00 bits per heavy atom. The minimum Gasteiger partial charge on any atom is -0.462 e. The number of carbonyl (C=O) groups excluding carboxylic acids is 1. The van der Waals surface area contributed by atoms with Crippen LogP contribution in [-0.4, -0.2) is 23.3 Å². The lowest BCUT2D eigenvalue weighted by Crippen LogP contribution is -2.25. The summed E-state index contributed by atoms with van der Waals surface area (Å²) in [7, 11) is 0. The molecule has 2 rings (SSSR count). The Hall–Kier alpha value is -1.09. The molecule has 0 saturated heterocycles. The molecule has 24 heavy (non-hydrogen) atoms. The van der Waals surface area contributed by atoms with Crippen LogP contribution >= 0.6 is 0 Å². The van der Waals surface area contributed by atoms with Crippen molar-refractivity contribution in [1.82, 2.24) is 0 Å². The summed E-state index contributed by atoms with van der Waals surface area (Å²) >= 11 is 0. The molecule has 1 aliphatic heterocycles. The van der Waals surface area contributed by atoms with Crippen molar-refractivity contribution in [3.63, 3.8) is 0 Å². The fraction of sp³-hybridized carbons (Fsp3) is 0.762. The molecular formula is C21H34O3. The highest BCUT2D eigenvalue weighted by Gasteiger charge is 2.41. The number of unbranched alkanes of at least 4 members (excludes halogenated alkanes) is 2. The van der Waals surface area contributed by atoms with Crippen molar-refractivity contribution in [3.05, 3.63) is 24.3 Å². The first kappa shape index (κ1) is 19.2. The van der Waals surface area contributed by atoms with Crippen LogP contribution in [0.3, 0.4) is 0 Å². The van der Waals surface area contributed by atoms with Crippen molar-refractivity contribution in [1.29, 1.82) is 0 Å². The molecule has 1 saturated carbocycles. The van der Waals surface area contributed by atoms with E-state index in [1.807, 2.05) is 6.08 Å². The van der Waals surface area contributed by atoms with E-state index in [2.05, 4.69) is 32.1 Å². The SMILES string of the molecule is CCCCC[C@H](O)/C=C/[C@@H]1[C@H]2C/C=C\CCCC(=O)O[C@H]2C[C@H]1C. The van der Waals surface area contributed by atoms with Crippen LogP contribution in [0, 0.1) is 17.8 Å². The van der Waals surface area contributed by atoms with Gasteiger partial charge in [-0.25, -0.2) is 0 Å².